The number of hydrogen-bond acceptors (Lipinski definition) is 3. The summed E-state index contributed by atoms with van der Waals surface area (Å²) < 4.78 is 12.8. The first-order valence-electron chi connectivity index (χ1n) is 8.19. The largest absolute Gasteiger partial charge is 0.326 e. The van der Waals surface area contributed by atoms with E-state index >= 15 is 0 Å². The van der Waals surface area contributed by atoms with Gasteiger partial charge in [0.2, 0.25) is 11.8 Å². The number of thioether (sulfide) groups is 1. The van der Waals surface area contributed by atoms with Crippen molar-refractivity contribution in [3.8, 4) is 0 Å². The van der Waals surface area contributed by atoms with Crippen molar-refractivity contribution in [1.82, 2.24) is 0 Å². The number of nitrogens with one attached hydrogen (secondary N) is 2. The smallest absolute Gasteiger partial charge is 0.227 e. The number of carbonyl (C=O) groups is 2. The van der Waals surface area contributed by atoms with Crippen LogP contribution in [0.2, 0.25) is 0 Å². The first-order chi connectivity index (χ1) is 12.1. The van der Waals surface area contributed by atoms with Gasteiger partial charge in [-0.2, -0.15) is 0 Å². The van der Waals surface area contributed by atoms with Crippen molar-refractivity contribution in [2.45, 2.75) is 24.2 Å². The fourth-order valence-electron chi connectivity index (χ4n) is 2.28. The molecule has 0 saturated heterocycles. The van der Waals surface area contributed by atoms with Crippen LogP contribution in [-0.4, -0.2) is 17.6 Å². The van der Waals surface area contributed by atoms with Gasteiger partial charge in [0, 0.05) is 34.4 Å². The fraction of sp³-hybridized carbons (Fsp3) is 0.263. The number of hydrogen-bond donors (Lipinski definition) is 2. The lowest BCUT2D eigenvalue weighted by molar-refractivity contribution is -0.117. The Morgan fingerprint density at radius 2 is 1.72 bits per heavy atom. The summed E-state index contributed by atoms with van der Waals surface area (Å²) in [6.45, 7) is 0. The van der Waals surface area contributed by atoms with Gasteiger partial charge in [-0.3, -0.25) is 9.59 Å². The summed E-state index contributed by atoms with van der Waals surface area (Å²) in [5.41, 5.74) is 1.35. The van der Waals surface area contributed by atoms with Crippen LogP contribution < -0.4 is 10.6 Å². The van der Waals surface area contributed by atoms with Crippen LogP contribution in [0.5, 0.6) is 0 Å². The molecule has 4 nitrogen and oxygen atoms in total. The normalized spacial score (nSPS) is 13.3. The Morgan fingerprint density at radius 1 is 1.04 bits per heavy atom. The van der Waals surface area contributed by atoms with Crippen LogP contribution in [0.4, 0.5) is 15.8 Å². The second-order valence-corrected chi connectivity index (χ2v) is 7.11. The first-order valence-corrected chi connectivity index (χ1v) is 9.18. The molecule has 1 saturated carbocycles. The highest BCUT2D eigenvalue weighted by Gasteiger charge is 2.29. The average molecular weight is 358 g/mol. The molecule has 0 unspecified atom stereocenters. The lowest BCUT2D eigenvalue weighted by Crippen LogP contribution is -2.15. The van der Waals surface area contributed by atoms with Gasteiger partial charge in [-0.1, -0.05) is 6.07 Å². The molecule has 2 aromatic rings. The number of anilines is 2. The van der Waals surface area contributed by atoms with E-state index in [0.717, 1.165) is 17.7 Å². The third-order valence-electron chi connectivity index (χ3n) is 3.77. The van der Waals surface area contributed by atoms with Crippen molar-refractivity contribution >= 4 is 35.0 Å². The Balaban J connectivity index is 1.45. The Hall–Kier alpha value is -2.34. The molecule has 0 aromatic heterocycles. The van der Waals surface area contributed by atoms with E-state index < -0.39 is 0 Å². The highest BCUT2D eigenvalue weighted by molar-refractivity contribution is 7.99. The van der Waals surface area contributed by atoms with Gasteiger partial charge in [0.25, 0.3) is 0 Å². The van der Waals surface area contributed by atoms with Crippen molar-refractivity contribution < 1.29 is 14.0 Å². The quantitative estimate of drug-likeness (QED) is 0.726. The molecule has 3 rings (SSSR count). The monoisotopic (exact) mass is 358 g/mol. The van der Waals surface area contributed by atoms with E-state index in [1.54, 1.807) is 36.4 Å². The van der Waals surface area contributed by atoms with Crippen LogP contribution in [0.25, 0.3) is 0 Å². The summed E-state index contributed by atoms with van der Waals surface area (Å²) in [5.74, 6) is 0.423. The van der Waals surface area contributed by atoms with Crippen molar-refractivity contribution in [3.05, 3.63) is 54.3 Å². The zero-order chi connectivity index (χ0) is 17.6. The fourth-order valence-corrected chi connectivity index (χ4v) is 3.13. The predicted molar refractivity (Wildman–Crippen MR) is 98.2 cm³/mol. The highest BCUT2D eigenvalue weighted by atomic mass is 32.2. The minimum absolute atomic E-state index is 0.0409. The van der Waals surface area contributed by atoms with Gasteiger partial charge in [0.05, 0.1) is 0 Å². The Morgan fingerprint density at radius 3 is 2.40 bits per heavy atom. The molecular weight excluding hydrogens is 339 g/mol. The van der Waals surface area contributed by atoms with Crippen LogP contribution in [0.1, 0.15) is 19.3 Å². The van der Waals surface area contributed by atoms with Crippen molar-refractivity contribution in [2.24, 2.45) is 5.92 Å². The molecule has 0 atom stereocenters. The highest BCUT2D eigenvalue weighted by Crippen LogP contribution is 2.30. The maximum atomic E-state index is 12.8. The first kappa shape index (κ1) is 17.5. The standard InChI is InChI=1S/C19H19FN2O2S/c20-14-6-8-17(9-7-14)25-11-10-18(23)21-15-2-1-3-16(12-15)22-19(24)13-4-5-13/h1-3,6-9,12-13H,4-5,10-11H2,(H,21,23)(H,22,24). The summed E-state index contributed by atoms with van der Waals surface area (Å²) >= 11 is 1.51. The lowest BCUT2D eigenvalue weighted by Gasteiger charge is -2.08. The van der Waals surface area contributed by atoms with E-state index in [-0.39, 0.29) is 23.5 Å². The van der Waals surface area contributed by atoms with E-state index in [0.29, 0.717) is 23.5 Å². The topological polar surface area (TPSA) is 58.2 Å². The molecule has 0 radical (unpaired) electrons. The van der Waals surface area contributed by atoms with E-state index in [4.69, 9.17) is 0 Å². The summed E-state index contributed by atoms with van der Waals surface area (Å²) in [6.07, 6.45) is 2.25. The minimum atomic E-state index is -0.268. The molecule has 25 heavy (non-hydrogen) atoms. The third kappa shape index (κ3) is 5.60. The maximum Gasteiger partial charge on any atom is 0.227 e. The van der Waals surface area contributed by atoms with E-state index in [1.807, 2.05) is 0 Å². The van der Waals surface area contributed by atoms with E-state index in [2.05, 4.69) is 10.6 Å². The van der Waals surface area contributed by atoms with Gasteiger partial charge in [0.15, 0.2) is 0 Å². The van der Waals surface area contributed by atoms with E-state index in [9.17, 15) is 14.0 Å². The van der Waals surface area contributed by atoms with Gasteiger partial charge in [-0.05, 0) is 55.3 Å². The number of amides is 2. The third-order valence-corrected chi connectivity index (χ3v) is 4.79. The van der Waals surface area contributed by atoms with Crippen molar-refractivity contribution in [3.63, 3.8) is 0 Å². The Kier molecular flexibility index (Phi) is 5.71. The summed E-state index contributed by atoms with van der Waals surface area (Å²) in [4.78, 5) is 24.7. The van der Waals surface area contributed by atoms with Crippen molar-refractivity contribution in [2.75, 3.05) is 16.4 Å². The van der Waals surface area contributed by atoms with Gasteiger partial charge < -0.3 is 10.6 Å². The van der Waals surface area contributed by atoms with Gasteiger partial charge >= 0.3 is 0 Å². The van der Waals surface area contributed by atoms with E-state index in [1.165, 1.54) is 23.9 Å². The van der Waals surface area contributed by atoms with Crippen LogP contribution in [0, 0.1) is 11.7 Å². The lowest BCUT2D eigenvalue weighted by atomic mass is 10.2. The molecule has 130 valence electrons. The van der Waals surface area contributed by atoms with Crippen LogP contribution in [0.15, 0.2) is 53.4 Å². The molecule has 0 bridgehead atoms. The van der Waals surface area contributed by atoms with Crippen LogP contribution in [0.3, 0.4) is 0 Å². The molecule has 6 heteroatoms. The zero-order valence-electron chi connectivity index (χ0n) is 13.6. The zero-order valence-corrected chi connectivity index (χ0v) is 14.4. The summed E-state index contributed by atoms with van der Waals surface area (Å²) in [7, 11) is 0. The molecule has 2 N–H and O–H groups in total. The number of rotatable bonds is 7. The number of halogens is 1. The predicted octanol–water partition coefficient (Wildman–Crippen LogP) is 4.30. The minimum Gasteiger partial charge on any atom is -0.326 e. The van der Waals surface area contributed by atoms with Crippen LogP contribution in [-0.2, 0) is 9.59 Å². The van der Waals surface area contributed by atoms with Gasteiger partial charge in [-0.15, -0.1) is 11.8 Å². The molecule has 0 spiro atoms. The maximum absolute atomic E-state index is 12.8. The summed E-state index contributed by atoms with van der Waals surface area (Å²) in [6, 6.07) is 13.4. The molecule has 0 heterocycles. The van der Waals surface area contributed by atoms with Crippen LogP contribution >= 0.6 is 11.8 Å². The van der Waals surface area contributed by atoms with Crippen molar-refractivity contribution in [1.29, 1.82) is 0 Å². The Labute approximate surface area is 150 Å². The SMILES string of the molecule is O=C(CCSc1ccc(F)cc1)Nc1cccc(NC(=O)C2CC2)c1. The molecule has 1 aliphatic carbocycles. The average Bonchev–Trinajstić information content (AvgIpc) is 3.42. The Bertz CT molecular complexity index is 760. The molecule has 1 aliphatic rings. The molecule has 0 aliphatic heterocycles. The molecule has 2 aromatic carbocycles. The number of carbonyl (C=O) groups excluding carboxylic acids is 2. The molecular formula is C19H19FN2O2S. The second kappa shape index (κ2) is 8.16. The summed E-state index contributed by atoms with van der Waals surface area (Å²) in [5, 5.41) is 5.69. The molecule has 2 amide bonds. The van der Waals surface area contributed by atoms with Gasteiger partial charge in [-0.25, -0.2) is 4.39 Å². The second-order valence-electron chi connectivity index (χ2n) is 5.94. The van der Waals surface area contributed by atoms with Gasteiger partial charge in [0.1, 0.15) is 5.82 Å². The molecule has 1 fully saturated rings. The number of benzene rings is 2.